The van der Waals surface area contributed by atoms with Crippen molar-refractivity contribution in [2.75, 3.05) is 13.2 Å². The molecule has 0 bridgehead atoms. The lowest BCUT2D eigenvalue weighted by Gasteiger charge is -2.24. The second kappa shape index (κ2) is 9.82. The van der Waals surface area contributed by atoms with Gasteiger partial charge in [0.1, 0.15) is 5.75 Å². The number of hydrogen-bond acceptors (Lipinski definition) is 2. The summed E-state index contributed by atoms with van der Waals surface area (Å²) >= 11 is 0. The topological polar surface area (TPSA) is 21.3 Å². The molecule has 0 aliphatic heterocycles. The van der Waals surface area contributed by atoms with Crippen molar-refractivity contribution in [3.8, 4) is 5.75 Å². The van der Waals surface area contributed by atoms with E-state index in [9.17, 15) is 0 Å². The second-order valence-corrected chi connectivity index (χ2v) is 5.43. The Bertz CT molecular complexity index is 360. The highest BCUT2D eigenvalue weighted by atomic mass is 16.5. The lowest BCUT2D eigenvalue weighted by Crippen LogP contribution is -2.24. The Hall–Kier alpha value is -1.02. The highest BCUT2D eigenvalue weighted by molar-refractivity contribution is 5.30. The SMILES string of the molecule is CCCNC(CC(CC)CC)c1cccc(OCC)c1. The molecule has 0 saturated carbocycles. The highest BCUT2D eigenvalue weighted by Crippen LogP contribution is 2.27. The number of ether oxygens (including phenoxy) is 1. The normalized spacial score (nSPS) is 12.7. The molecule has 1 unspecified atom stereocenters. The summed E-state index contributed by atoms with van der Waals surface area (Å²) in [5, 5.41) is 3.70. The van der Waals surface area contributed by atoms with Crippen LogP contribution < -0.4 is 10.1 Å². The van der Waals surface area contributed by atoms with Crippen LogP contribution in [0.25, 0.3) is 0 Å². The predicted octanol–water partition coefficient (Wildman–Crippen LogP) is 4.95. The van der Waals surface area contributed by atoms with Crippen LogP contribution in [-0.2, 0) is 0 Å². The van der Waals surface area contributed by atoms with Gasteiger partial charge in [0, 0.05) is 6.04 Å². The summed E-state index contributed by atoms with van der Waals surface area (Å²) in [7, 11) is 0. The van der Waals surface area contributed by atoms with Crippen LogP contribution in [0, 0.1) is 5.92 Å². The molecule has 0 aromatic heterocycles. The molecule has 114 valence electrons. The Morgan fingerprint density at radius 1 is 1.10 bits per heavy atom. The van der Waals surface area contributed by atoms with E-state index in [-0.39, 0.29) is 0 Å². The Morgan fingerprint density at radius 3 is 2.45 bits per heavy atom. The van der Waals surface area contributed by atoms with Gasteiger partial charge < -0.3 is 10.1 Å². The zero-order valence-corrected chi connectivity index (χ0v) is 13.6. The molecular weight excluding hydrogens is 246 g/mol. The molecule has 0 aliphatic carbocycles. The van der Waals surface area contributed by atoms with Gasteiger partial charge in [0.2, 0.25) is 0 Å². The van der Waals surface area contributed by atoms with Crippen LogP contribution in [0.4, 0.5) is 0 Å². The standard InChI is InChI=1S/C18H31NO/c1-5-12-19-18(13-15(6-2)7-3)16-10-9-11-17(14-16)20-8-4/h9-11,14-15,18-19H,5-8,12-13H2,1-4H3. The summed E-state index contributed by atoms with van der Waals surface area (Å²) in [4.78, 5) is 0. The van der Waals surface area contributed by atoms with E-state index >= 15 is 0 Å². The minimum Gasteiger partial charge on any atom is -0.494 e. The maximum Gasteiger partial charge on any atom is 0.119 e. The van der Waals surface area contributed by atoms with E-state index in [1.54, 1.807) is 0 Å². The third kappa shape index (κ3) is 5.54. The molecule has 1 aromatic carbocycles. The van der Waals surface area contributed by atoms with E-state index < -0.39 is 0 Å². The summed E-state index contributed by atoms with van der Waals surface area (Å²) in [5.41, 5.74) is 1.36. The molecule has 0 spiro atoms. The minimum atomic E-state index is 0.445. The van der Waals surface area contributed by atoms with Crippen LogP contribution >= 0.6 is 0 Å². The smallest absolute Gasteiger partial charge is 0.119 e. The minimum absolute atomic E-state index is 0.445. The van der Waals surface area contributed by atoms with Crippen LogP contribution in [0.5, 0.6) is 5.75 Å². The summed E-state index contributed by atoms with van der Waals surface area (Å²) in [6.07, 6.45) is 4.89. The first kappa shape index (κ1) is 17.0. The van der Waals surface area contributed by atoms with E-state index in [0.717, 1.165) is 24.8 Å². The maximum absolute atomic E-state index is 5.63. The number of rotatable bonds is 10. The van der Waals surface area contributed by atoms with Crippen LogP contribution in [-0.4, -0.2) is 13.2 Å². The van der Waals surface area contributed by atoms with Crippen molar-refractivity contribution in [3.05, 3.63) is 29.8 Å². The summed E-state index contributed by atoms with van der Waals surface area (Å²) in [6, 6.07) is 9.01. The number of hydrogen-bond donors (Lipinski definition) is 1. The molecule has 1 N–H and O–H groups in total. The molecule has 0 radical (unpaired) electrons. The van der Waals surface area contributed by atoms with Gasteiger partial charge in [-0.15, -0.1) is 0 Å². The molecule has 0 aliphatic rings. The van der Waals surface area contributed by atoms with Gasteiger partial charge in [-0.05, 0) is 49.9 Å². The average Bonchev–Trinajstić information content (AvgIpc) is 2.48. The van der Waals surface area contributed by atoms with E-state index in [1.807, 2.05) is 13.0 Å². The zero-order valence-electron chi connectivity index (χ0n) is 13.6. The van der Waals surface area contributed by atoms with Crippen molar-refractivity contribution in [1.82, 2.24) is 5.32 Å². The molecule has 1 rings (SSSR count). The summed E-state index contributed by atoms with van der Waals surface area (Å²) in [5.74, 6) is 1.78. The third-order valence-electron chi connectivity index (χ3n) is 3.94. The van der Waals surface area contributed by atoms with Gasteiger partial charge in [0.05, 0.1) is 6.61 Å². The van der Waals surface area contributed by atoms with Crippen LogP contribution in [0.2, 0.25) is 0 Å². The lowest BCUT2D eigenvalue weighted by atomic mass is 9.91. The molecule has 0 amide bonds. The molecule has 0 saturated heterocycles. The Kier molecular flexibility index (Phi) is 8.36. The van der Waals surface area contributed by atoms with Crippen molar-refractivity contribution < 1.29 is 4.74 Å². The van der Waals surface area contributed by atoms with Gasteiger partial charge in [-0.25, -0.2) is 0 Å². The number of nitrogens with one attached hydrogen (secondary N) is 1. The predicted molar refractivity (Wildman–Crippen MR) is 87.3 cm³/mol. The molecule has 2 nitrogen and oxygen atoms in total. The van der Waals surface area contributed by atoms with Crippen molar-refractivity contribution in [2.24, 2.45) is 5.92 Å². The van der Waals surface area contributed by atoms with Gasteiger partial charge in [-0.3, -0.25) is 0 Å². The number of benzene rings is 1. The van der Waals surface area contributed by atoms with Crippen LogP contribution in [0.15, 0.2) is 24.3 Å². The molecule has 0 heterocycles. The van der Waals surface area contributed by atoms with Gasteiger partial charge in [-0.2, -0.15) is 0 Å². The van der Waals surface area contributed by atoms with Gasteiger partial charge in [-0.1, -0.05) is 45.7 Å². The molecule has 0 fully saturated rings. The fourth-order valence-corrected chi connectivity index (χ4v) is 2.60. The highest BCUT2D eigenvalue weighted by Gasteiger charge is 2.16. The molecular formula is C18H31NO. The van der Waals surface area contributed by atoms with Crippen molar-refractivity contribution in [2.45, 2.75) is 59.4 Å². The van der Waals surface area contributed by atoms with E-state index in [0.29, 0.717) is 6.04 Å². The van der Waals surface area contributed by atoms with E-state index in [4.69, 9.17) is 4.74 Å². The zero-order chi connectivity index (χ0) is 14.8. The van der Waals surface area contributed by atoms with Crippen LogP contribution in [0.3, 0.4) is 0 Å². The second-order valence-electron chi connectivity index (χ2n) is 5.43. The van der Waals surface area contributed by atoms with Gasteiger partial charge in [0.25, 0.3) is 0 Å². The van der Waals surface area contributed by atoms with Gasteiger partial charge >= 0.3 is 0 Å². The Balaban J connectivity index is 2.82. The monoisotopic (exact) mass is 277 g/mol. The fourth-order valence-electron chi connectivity index (χ4n) is 2.60. The van der Waals surface area contributed by atoms with Crippen LogP contribution in [0.1, 0.15) is 65.0 Å². The first-order valence-corrected chi connectivity index (χ1v) is 8.21. The quantitative estimate of drug-likeness (QED) is 0.653. The van der Waals surface area contributed by atoms with Crippen molar-refractivity contribution >= 4 is 0 Å². The molecule has 2 heteroatoms. The molecule has 20 heavy (non-hydrogen) atoms. The summed E-state index contributed by atoms with van der Waals surface area (Å²) < 4.78 is 5.63. The van der Waals surface area contributed by atoms with E-state index in [1.165, 1.54) is 31.2 Å². The molecule has 1 aromatic rings. The lowest BCUT2D eigenvalue weighted by molar-refractivity contribution is 0.337. The largest absolute Gasteiger partial charge is 0.494 e. The Morgan fingerprint density at radius 2 is 1.85 bits per heavy atom. The Labute approximate surface area is 124 Å². The first-order valence-electron chi connectivity index (χ1n) is 8.21. The maximum atomic E-state index is 5.63. The average molecular weight is 277 g/mol. The van der Waals surface area contributed by atoms with Crippen molar-refractivity contribution in [3.63, 3.8) is 0 Å². The fraction of sp³-hybridized carbons (Fsp3) is 0.667. The first-order chi connectivity index (χ1) is 9.74. The molecule has 1 atom stereocenters. The van der Waals surface area contributed by atoms with Gasteiger partial charge in [0.15, 0.2) is 0 Å². The summed E-state index contributed by atoms with van der Waals surface area (Å²) in [6.45, 7) is 10.6. The van der Waals surface area contributed by atoms with Crippen molar-refractivity contribution in [1.29, 1.82) is 0 Å². The third-order valence-corrected chi connectivity index (χ3v) is 3.94. The van der Waals surface area contributed by atoms with E-state index in [2.05, 4.69) is 44.3 Å².